The number of hydrogen-bond donors (Lipinski definition) is 0. The third-order valence-corrected chi connectivity index (χ3v) is 3.80. The Hall–Kier alpha value is -0.750. The van der Waals surface area contributed by atoms with Crippen LogP contribution in [0.4, 0.5) is 0 Å². The van der Waals surface area contributed by atoms with Crippen molar-refractivity contribution >= 4 is 23.7 Å². The first kappa shape index (κ1) is 15.3. The van der Waals surface area contributed by atoms with Crippen LogP contribution in [0, 0.1) is 0 Å². The van der Waals surface area contributed by atoms with E-state index < -0.39 is 0 Å². The van der Waals surface area contributed by atoms with Gasteiger partial charge in [0.1, 0.15) is 5.25 Å². The number of nitrogens with zero attached hydrogens (tertiary/aromatic N) is 1. The SMILES string of the molecule is CCOC(=O)CCN1CCSC(C(=O)OCC)C1. The van der Waals surface area contributed by atoms with E-state index in [4.69, 9.17) is 9.47 Å². The monoisotopic (exact) mass is 275 g/mol. The molecule has 0 spiro atoms. The molecule has 0 radical (unpaired) electrons. The van der Waals surface area contributed by atoms with Crippen molar-refractivity contribution in [2.24, 2.45) is 0 Å². The molecule has 18 heavy (non-hydrogen) atoms. The van der Waals surface area contributed by atoms with Gasteiger partial charge in [0, 0.05) is 25.4 Å². The molecule has 0 amide bonds. The van der Waals surface area contributed by atoms with E-state index in [2.05, 4.69) is 4.90 Å². The maximum atomic E-state index is 11.6. The molecule has 6 heteroatoms. The fraction of sp³-hybridized carbons (Fsp3) is 0.833. The lowest BCUT2D eigenvalue weighted by molar-refractivity contribution is -0.143. The van der Waals surface area contributed by atoms with Gasteiger partial charge < -0.3 is 14.4 Å². The van der Waals surface area contributed by atoms with Gasteiger partial charge in [-0.15, -0.1) is 11.8 Å². The second kappa shape index (κ2) is 8.37. The summed E-state index contributed by atoms with van der Waals surface area (Å²) in [4.78, 5) is 25.0. The van der Waals surface area contributed by atoms with Crippen LogP contribution < -0.4 is 0 Å². The van der Waals surface area contributed by atoms with E-state index in [0.29, 0.717) is 32.7 Å². The van der Waals surface area contributed by atoms with E-state index >= 15 is 0 Å². The quantitative estimate of drug-likeness (QED) is 0.672. The average Bonchev–Trinajstić information content (AvgIpc) is 2.37. The van der Waals surface area contributed by atoms with Gasteiger partial charge in [-0.05, 0) is 13.8 Å². The maximum Gasteiger partial charge on any atom is 0.320 e. The third-order valence-electron chi connectivity index (χ3n) is 2.64. The lowest BCUT2D eigenvalue weighted by Gasteiger charge is -2.30. The summed E-state index contributed by atoms with van der Waals surface area (Å²) in [7, 11) is 0. The van der Waals surface area contributed by atoms with Crippen LogP contribution in [0.5, 0.6) is 0 Å². The smallest absolute Gasteiger partial charge is 0.320 e. The first-order valence-corrected chi connectivity index (χ1v) is 7.38. The molecule has 1 fully saturated rings. The van der Waals surface area contributed by atoms with Crippen LogP contribution in [0.1, 0.15) is 20.3 Å². The molecule has 1 atom stereocenters. The van der Waals surface area contributed by atoms with Gasteiger partial charge in [0.25, 0.3) is 0 Å². The molecule has 1 aliphatic rings. The summed E-state index contributed by atoms with van der Waals surface area (Å²) in [6.45, 7) is 6.65. The highest BCUT2D eigenvalue weighted by molar-refractivity contribution is 8.00. The van der Waals surface area contributed by atoms with Crippen molar-refractivity contribution in [3.63, 3.8) is 0 Å². The van der Waals surface area contributed by atoms with Gasteiger partial charge in [-0.3, -0.25) is 9.59 Å². The van der Waals surface area contributed by atoms with Gasteiger partial charge in [0.2, 0.25) is 0 Å². The molecule has 5 nitrogen and oxygen atoms in total. The first-order chi connectivity index (χ1) is 8.67. The number of esters is 2. The molecule has 1 unspecified atom stereocenters. The van der Waals surface area contributed by atoms with E-state index in [-0.39, 0.29) is 17.2 Å². The van der Waals surface area contributed by atoms with Gasteiger partial charge in [-0.2, -0.15) is 0 Å². The van der Waals surface area contributed by atoms with Gasteiger partial charge in [-0.25, -0.2) is 0 Å². The molecule has 1 heterocycles. The molecule has 0 aromatic rings. The minimum absolute atomic E-state index is 0.124. The number of ether oxygens (including phenoxy) is 2. The molecule has 0 aromatic heterocycles. The van der Waals surface area contributed by atoms with E-state index in [1.807, 2.05) is 6.92 Å². The minimum atomic E-state index is -0.177. The predicted molar refractivity (Wildman–Crippen MR) is 70.6 cm³/mol. The summed E-state index contributed by atoms with van der Waals surface area (Å²) in [5, 5.41) is -0.124. The zero-order chi connectivity index (χ0) is 13.4. The van der Waals surface area contributed by atoms with Crippen molar-refractivity contribution in [1.29, 1.82) is 0 Å². The normalized spacial score (nSPS) is 20.4. The van der Waals surface area contributed by atoms with Crippen LogP contribution in [0.25, 0.3) is 0 Å². The number of thioether (sulfide) groups is 1. The van der Waals surface area contributed by atoms with Crippen molar-refractivity contribution in [3.8, 4) is 0 Å². The second-order valence-electron chi connectivity index (χ2n) is 3.97. The van der Waals surface area contributed by atoms with Gasteiger partial charge in [-0.1, -0.05) is 0 Å². The van der Waals surface area contributed by atoms with Crippen molar-refractivity contribution in [1.82, 2.24) is 4.90 Å². The highest BCUT2D eigenvalue weighted by atomic mass is 32.2. The highest BCUT2D eigenvalue weighted by Gasteiger charge is 2.27. The van der Waals surface area contributed by atoms with Crippen molar-refractivity contribution in [2.75, 3.05) is 38.6 Å². The van der Waals surface area contributed by atoms with Gasteiger partial charge in [0.05, 0.1) is 19.6 Å². The number of rotatable bonds is 6. The molecule has 104 valence electrons. The van der Waals surface area contributed by atoms with E-state index in [9.17, 15) is 9.59 Å². The minimum Gasteiger partial charge on any atom is -0.466 e. The van der Waals surface area contributed by atoms with Crippen LogP contribution in [0.15, 0.2) is 0 Å². The Morgan fingerprint density at radius 1 is 1.28 bits per heavy atom. The lowest BCUT2D eigenvalue weighted by Crippen LogP contribution is -2.42. The number of hydrogen-bond acceptors (Lipinski definition) is 6. The fourth-order valence-corrected chi connectivity index (χ4v) is 2.93. The predicted octanol–water partition coefficient (Wildman–Crippen LogP) is 0.920. The summed E-state index contributed by atoms with van der Waals surface area (Å²) in [5.41, 5.74) is 0. The Balaban J connectivity index is 2.30. The van der Waals surface area contributed by atoms with Crippen molar-refractivity contribution in [3.05, 3.63) is 0 Å². The van der Waals surface area contributed by atoms with Crippen LogP contribution in [-0.4, -0.2) is 60.7 Å². The van der Waals surface area contributed by atoms with Crippen LogP contribution in [0.3, 0.4) is 0 Å². The van der Waals surface area contributed by atoms with E-state index in [0.717, 1.165) is 12.3 Å². The molecular formula is C12H21NO4S. The Morgan fingerprint density at radius 3 is 2.67 bits per heavy atom. The summed E-state index contributed by atoms with van der Waals surface area (Å²) in [6, 6.07) is 0. The Kier molecular flexibility index (Phi) is 7.12. The highest BCUT2D eigenvalue weighted by Crippen LogP contribution is 2.20. The molecule has 1 rings (SSSR count). The lowest BCUT2D eigenvalue weighted by atomic mass is 10.3. The summed E-state index contributed by atoms with van der Waals surface area (Å²) >= 11 is 1.63. The van der Waals surface area contributed by atoms with Crippen molar-refractivity contribution in [2.45, 2.75) is 25.5 Å². The molecular weight excluding hydrogens is 254 g/mol. The second-order valence-corrected chi connectivity index (χ2v) is 5.28. The topological polar surface area (TPSA) is 55.8 Å². The molecule has 0 bridgehead atoms. The van der Waals surface area contributed by atoms with Gasteiger partial charge in [0.15, 0.2) is 0 Å². The molecule has 0 saturated carbocycles. The third kappa shape index (κ3) is 5.27. The molecule has 0 aromatic carbocycles. The van der Waals surface area contributed by atoms with Crippen LogP contribution >= 0.6 is 11.8 Å². The molecule has 0 aliphatic carbocycles. The number of carbonyl (C=O) groups is 2. The maximum absolute atomic E-state index is 11.6. The molecule has 1 aliphatic heterocycles. The summed E-state index contributed by atoms with van der Waals surface area (Å²) < 4.78 is 9.90. The average molecular weight is 275 g/mol. The Morgan fingerprint density at radius 2 is 2.00 bits per heavy atom. The van der Waals surface area contributed by atoms with Crippen LogP contribution in [-0.2, 0) is 19.1 Å². The van der Waals surface area contributed by atoms with E-state index in [1.165, 1.54) is 0 Å². The Labute approximate surface area is 112 Å². The molecule has 0 N–H and O–H groups in total. The zero-order valence-electron chi connectivity index (χ0n) is 11.0. The summed E-state index contributed by atoms with van der Waals surface area (Å²) in [6.07, 6.45) is 0.383. The van der Waals surface area contributed by atoms with E-state index in [1.54, 1.807) is 18.7 Å². The molecule has 1 saturated heterocycles. The summed E-state index contributed by atoms with van der Waals surface area (Å²) in [5.74, 6) is 0.568. The first-order valence-electron chi connectivity index (χ1n) is 6.33. The fourth-order valence-electron chi connectivity index (χ4n) is 1.77. The van der Waals surface area contributed by atoms with Gasteiger partial charge >= 0.3 is 11.9 Å². The largest absolute Gasteiger partial charge is 0.466 e. The van der Waals surface area contributed by atoms with Crippen LogP contribution in [0.2, 0.25) is 0 Å². The van der Waals surface area contributed by atoms with Crippen molar-refractivity contribution < 1.29 is 19.1 Å². The standard InChI is InChI=1S/C12H21NO4S/c1-3-16-11(14)5-6-13-7-8-18-10(9-13)12(15)17-4-2/h10H,3-9H2,1-2H3. The Bertz CT molecular complexity index is 285. The number of carbonyl (C=O) groups excluding carboxylic acids is 2. The zero-order valence-corrected chi connectivity index (χ0v) is 11.8.